The van der Waals surface area contributed by atoms with Crippen molar-refractivity contribution in [3.8, 4) is 23.0 Å². The second kappa shape index (κ2) is 5.92. The fourth-order valence-corrected chi connectivity index (χ4v) is 3.93. The van der Waals surface area contributed by atoms with Crippen molar-refractivity contribution in [3.05, 3.63) is 27.8 Å². The van der Waals surface area contributed by atoms with Gasteiger partial charge in [-0.25, -0.2) is 9.50 Å². The number of fused-ring (bicyclic) bond motifs is 2. The first-order valence-corrected chi connectivity index (χ1v) is 9.01. The Hall–Kier alpha value is -2.20. The van der Waals surface area contributed by atoms with Crippen LogP contribution in [0.25, 0.3) is 27.4 Å². The summed E-state index contributed by atoms with van der Waals surface area (Å²) in [5.41, 5.74) is 1.03. The number of aromatic nitrogens is 3. The van der Waals surface area contributed by atoms with Gasteiger partial charge in [-0.15, -0.1) is 0 Å². The number of halogens is 3. The highest BCUT2D eigenvalue weighted by Gasteiger charge is 2.30. The molecule has 0 amide bonds. The van der Waals surface area contributed by atoms with Crippen molar-refractivity contribution >= 4 is 43.2 Å². The normalized spacial score (nSPS) is 12.2. The van der Waals surface area contributed by atoms with E-state index in [4.69, 9.17) is 13.9 Å². The summed E-state index contributed by atoms with van der Waals surface area (Å²) in [5, 5.41) is 4.34. The monoisotopic (exact) mass is 443 g/mol. The second-order valence-corrected chi connectivity index (χ2v) is 7.35. The Kier molecular flexibility index (Phi) is 3.92. The highest BCUT2D eigenvalue weighted by molar-refractivity contribution is 9.10. The lowest BCUT2D eigenvalue weighted by atomic mass is 10.2. The van der Waals surface area contributed by atoms with E-state index in [1.54, 1.807) is 32.5 Å². The molecule has 0 aliphatic heterocycles. The maximum absolute atomic E-state index is 13.4. The zero-order valence-electron chi connectivity index (χ0n) is 13.8. The summed E-state index contributed by atoms with van der Waals surface area (Å²) in [7, 11) is 3.10. The Balaban J connectivity index is 1.85. The van der Waals surface area contributed by atoms with Crippen molar-refractivity contribution in [1.29, 1.82) is 0 Å². The molecule has 1 aromatic carbocycles. The molecule has 4 aromatic rings. The van der Waals surface area contributed by atoms with Crippen molar-refractivity contribution in [1.82, 2.24) is 14.6 Å². The van der Waals surface area contributed by atoms with Gasteiger partial charge in [0, 0.05) is 13.0 Å². The summed E-state index contributed by atoms with van der Waals surface area (Å²) in [6, 6.07) is 3.52. The van der Waals surface area contributed by atoms with Crippen LogP contribution in [0, 0.1) is 0 Å². The molecule has 0 unspecified atom stereocenters. The van der Waals surface area contributed by atoms with E-state index in [0.29, 0.717) is 38.0 Å². The van der Waals surface area contributed by atoms with E-state index in [2.05, 4.69) is 26.0 Å². The number of methoxy groups -OCH3 is 2. The van der Waals surface area contributed by atoms with E-state index in [1.165, 1.54) is 4.52 Å². The highest BCUT2D eigenvalue weighted by atomic mass is 79.9. The molecule has 6 nitrogen and oxygen atoms in total. The van der Waals surface area contributed by atoms with Crippen molar-refractivity contribution in [2.75, 3.05) is 14.2 Å². The summed E-state index contributed by atoms with van der Waals surface area (Å²) in [6.45, 7) is 0.808. The van der Waals surface area contributed by atoms with Gasteiger partial charge in [0.1, 0.15) is 21.7 Å². The van der Waals surface area contributed by atoms with Gasteiger partial charge in [-0.1, -0.05) is 11.3 Å². The number of hydrogen-bond acceptors (Lipinski definition) is 6. The Morgan fingerprint density at radius 3 is 2.58 bits per heavy atom. The van der Waals surface area contributed by atoms with E-state index in [0.717, 1.165) is 23.6 Å². The molecule has 0 N–H and O–H groups in total. The molecule has 0 saturated carbocycles. The smallest absolute Gasteiger partial charge is 0.298 e. The van der Waals surface area contributed by atoms with Crippen LogP contribution in [-0.4, -0.2) is 28.8 Å². The summed E-state index contributed by atoms with van der Waals surface area (Å²) in [4.78, 5) is 4.71. The van der Waals surface area contributed by atoms with Crippen LogP contribution >= 0.6 is 27.3 Å². The van der Waals surface area contributed by atoms with Crippen molar-refractivity contribution < 1.29 is 22.7 Å². The zero-order valence-corrected chi connectivity index (χ0v) is 16.2. The Labute approximate surface area is 158 Å². The van der Waals surface area contributed by atoms with Crippen LogP contribution in [0.3, 0.4) is 0 Å². The maximum Gasteiger partial charge on any atom is 0.298 e. The van der Waals surface area contributed by atoms with E-state index < -0.39 is 5.92 Å². The third kappa shape index (κ3) is 2.64. The minimum absolute atomic E-state index is 0.287. The molecule has 0 radical (unpaired) electrons. The molecule has 3 heterocycles. The first kappa shape index (κ1) is 17.2. The van der Waals surface area contributed by atoms with Gasteiger partial charge in [-0.3, -0.25) is 0 Å². The lowest BCUT2D eigenvalue weighted by Crippen LogP contribution is -2.06. The number of imidazole rings is 1. The second-order valence-electron chi connectivity index (χ2n) is 5.60. The highest BCUT2D eigenvalue weighted by Crippen LogP contribution is 2.43. The largest absolute Gasteiger partial charge is 0.496 e. The summed E-state index contributed by atoms with van der Waals surface area (Å²) < 4.78 is 45.4. The van der Waals surface area contributed by atoms with Crippen LogP contribution in [0.2, 0.25) is 0 Å². The van der Waals surface area contributed by atoms with Gasteiger partial charge >= 0.3 is 0 Å². The molecule has 0 bridgehead atoms. The molecule has 0 spiro atoms. The zero-order chi connectivity index (χ0) is 18.6. The number of ether oxygens (including phenoxy) is 2. The van der Waals surface area contributed by atoms with Crippen LogP contribution in [0.15, 0.2) is 27.2 Å². The van der Waals surface area contributed by atoms with Gasteiger partial charge in [-0.2, -0.15) is 13.9 Å². The quantitative estimate of drug-likeness (QED) is 0.439. The third-order valence-corrected chi connectivity index (χ3v) is 5.63. The molecule has 136 valence electrons. The number of rotatable bonds is 4. The molecule has 0 aliphatic rings. The minimum atomic E-state index is -3.00. The maximum atomic E-state index is 13.4. The molecular formula is C16H12BrF2N3O3S. The van der Waals surface area contributed by atoms with E-state index in [1.807, 2.05) is 0 Å². The SMILES string of the molecule is COc1cc(OC)c2cc(-c3cn4nc(C(C)(F)F)sc4n3)oc2c1Br. The Morgan fingerprint density at radius 2 is 1.96 bits per heavy atom. The minimum Gasteiger partial charge on any atom is -0.496 e. The number of furan rings is 1. The third-order valence-electron chi connectivity index (χ3n) is 3.79. The summed E-state index contributed by atoms with van der Waals surface area (Å²) in [5.74, 6) is -1.38. The van der Waals surface area contributed by atoms with Gasteiger partial charge < -0.3 is 13.9 Å². The summed E-state index contributed by atoms with van der Waals surface area (Å²) >= 11 is 4.29. The van der Waals surface area contributed by atoms with E-state index >= 15 is 0 Å². The fourth-order valence-electron chi connectivity index (χ4n) is 2.55. The van der Waals surface area contributed by atoms with Crippen LogP contribution in [0.4, 0.5) is 8.78 Å². The molecule has 4 rings (SSSR count). The van der Waals surface area contributed by atoms with Crippen molar-refractivity contribution in [2.45, 2.75) is 12.8 Å². The molecule has 0 aliphatic carbocycles. The van der Waals surface area contributed by atoms with Gasteiger partial charge in [0.25, 0.3) is 5.92 Å². The van der Waals surface area contributed by atoms with Gasteiger partial charge in [-0.05, 0) is 22.0 Å². The predicted octanol–water partition coefficient (Wildman–Crippen LogP) is 5.10. The molecular weight excluding hydrogens is 432 g/mol. The van der Waals surface area contributed by atoms with Crippen LogP contribution in [0.5, 0.6) is 11.5 Å². The number of nitrogens with zero attached hydrogens (tertiary/aromatic N) is 3. The number of benzene rings is 1. The van der Waals surface area contributed by atoms with E-state index in [-0.39, 0.29) is 5.01 Å². The van der Waals surface area contributed by atoms with Crippen molar-refractivity contribution in [3.63, 3.8) is 0 Å². The number of alkyl halides is 2. The van der Waals surface area contributed by atoms with Crippen LogP contribution in [0.1, 0.15) is 11.9 Å². The lowest BCUT2D eigenvalue weighted by molar-refractivity contribution is 0.0163. The van der Waals surface area contributed by atoms with Crippen LogP contribution in [-0.2, 0) is 5.92 Å². The predicted molar refractivity (Wildman–Crippen MR) is 96.4 cm³/mol. The Morgan fingerprint density at radius 1 is 1.23 bits per heavy atom. The molecule has 0 saturated heterocycles. The standard InChI is InChI=1S/C16H12BrF2N3O3S/c1-16(18,19)14-21-22-6-8(20-15(22)26-14)10-4-7-9(23-2)5-11(24-3)12(17)13(7)25-10/h4-6H,1-3H3. The molecule has 3 aromatic heterocycles. The van der Waals surface area contributed by atoms with Gasteiger partial charge in [0.2, 0.25) is 4.96 Å². The molecule has 26 heavy (non-hydrogen) atoms. The first-order valence-electron chi connectivity index (χ1n) is 7.40. The first-order chi connectivity index (χ1) is 12.3. The average molecular weight is 444 g/mol. The topological polar surface area (TPSA) is 61.8 Å². The molecule has 0 atom stereocenters. The van der Waals surface area contributed by atoms with Crippen LogP contribution < -0.4 is 9.47 Å². The average Bonchev–Trinajstić information content (AvgIpc) is 3.26. The van der Waals surface area contributed by atoms with Gasteiger partial charge in [0.15, 0.2) is 16.4 Å². The lowest BCUT2D eigenvalue weighted by Gasteiger charge is -2.07. The Bertz CT molecular complexity index is 1100. The summed E-state index contributed by atoms with van der Waals surface area (Å²) in [6.07, 6.45) is 1.55. The van der Waals surface area contributed by atoms with Gasteiger partial charge in [0.05, 0.1) is 25.8 Å². The molecule has 0 fully saturated rings. The molecule has 10 heteroatoms. The fraction of sp³-hybridized carbons (Fsp3) is 0.250. The van der Waals surface area contributed by atoms with E-state index in [9.17, 15) is 8.78 Å². The van der Waals surface area contributed by atoms with Crippen molar-refractivity contribution in [2.24, 2.45) is 0 Å². The number of hydrogen-bond donors (Lipinski definition) is 0.